The van der Waals surface area contributed by atoms with E-state index in [1.807, 2.05) is 74.5 Å². The van der Waals surface area contributed by atoms with Crippen LogP contribution < -0.4 is 10.6 Å². The zero-order valence-electron chi connectivity index (χ0n) is 20.7. The highest BCUT2D eigenvalue weighted by Gasteiger charge is 2.42. The van der Waals surface area contributed by atoms with Crippen molar-refractivity contribution in [2.45, 2.75) is 51.9 Å². The minimum Gasteiger partial charge on any atom is -0.339 e. The highest BCUT2D eigenvalue weighted by atomic mass is 35.5. The van der Waals surface area contributed by atoms with Gasteiger partial charge in [0, 0.05) is 22.1 Å². The minimum atomic E-state index is -0.511. The van der Waals surface area contributed by atoms with Gasteiger partial charge in [-0.3, -0.25) is 4.79 Å². The Hall–Kier alpha value is -3.71. The Bertz CT molecular complexity index is 1370. The van der Waals surface area contributed by atoms with Crippen LogP contribution in [0.15, 0.2) is 60.7 Å². The zero-order chi connectivity index (χ0) is 25.3. The number of amides is 1. The van der Waals surface area contributed by atoms with Crippen LogP contribution in [-0.4, -0.2) is 25.9 Å². The Morgan fingerprint density at radius 2 is 1.56 bits per heavy atom. The summed E-state index contributed by atoms with van der Waals surface area (Å²) in [4.78, 5) is 13.4. The van der Waals surface area contributed by atoms with Crippen LogP contribution >= 0.6 is 11.6 Å². The van der Waals surface area contributed by atoms with Crippen molar-refractivity contribution >= 4 is 34.7 Å². The van der Waals surface area contributed by atoms with Gasteiger partial charge in [0.1, 0.15) is 0 Å². The first-order valence-electron chi connectivity index (χ1n) is 12.2. The number of hydrogen-bond acceptors (Lipinski definition) is 5. The van der Waals surface area contributed by atoms with E-state index < -0.39 is 5.41 Å². The normalized spacial score (nSPS) is 14.6. The van der Waals surface area contributed by atoms with Crippen LogP contribution in [-0.2, 0) is 10.2 Å². The fourth-order valence-electron chi connectivity index (χ4n) is 4.88. The molecule has 2 heterocycles. The lowest BCUT2D eigenvalue weighted by Crippen LogP contribution is -2.37. The Labute approximate surface area is 215 Å². The largest absolute Gasteiger partial charge is 0.339 e. The fourth-order valence-corrected chi connectivity index (χ4v) is 5.00. The Kier molecular flexibility index (Phi) is 6.49. The number of anilines is 3. The third kappa shape index (κ3) is 4.58. The van der Waals surface area contributed by atoms with Crippen molar-refractivity contribution in [3.63, 3.8) is 0 Å². The molecular formula is C28H29ClN6O. The van der Waals surface area contributed by atoms with Crippen molar-refractivity contribution < 1.29 is 4.79 Å². The predicted octanol–water partition coefficient (Wildman–Crippen LogP) is 6.44. The van der Waals surface area contributed by atoms with E-state index in [0.717, 1.165) is 59.6 Å². The van der Waals surface area contributed by atoms with Crippen LogP contribution in [0.1, 0.15) is 48.2 Å². The second kappa shape index (κ2) is 9.74. The summed E-state index contributed by atoms with van der Waals surface area (Å²) in [7, 11) is 0. The van der Waals surface area contributed by atoms with Crippen molar-refractivity contribution in [2.24, 2.45) is 0 Å². The molecule has 2 N–H and O–H groups in total. The monoisotopic (exact) mass is 500 g/mol. The van der Waals surface area contributed by atoms with Crippen molar-refractivity contribution in [1.82, 2.24) is 20.0 Å². The van der Waals surface area contributed by atoms with Gasteiger partial charge in [-0.05, 0) is 93.3 Å². The number of nitrogens with one attached hydrogen (secondary N) is 2. The van der Waals surface area contributed by atoms with Crippen LogP contribution in [0.4, 0.5) is 17.2 Å². The maximum atomic E-state index is 13.4. The number of rotatable bonds is 6. The van der Waals surface area contributed by atoms with Gasteiger partial charge in [0.05, 0.1) is 11.1 Å². The molecule has 0 aliphatic heterocycles. The van der Waals surface area contributed by atoms with Gasteiger partial charge in [-0.1, -0.05) is 36.6 Å². The summed E-state index contributed by atoms with van der Waals surface area (Å²) in [5.41, 5.74) is 5.31. The standard InChI is InChI=1S/C28H29ClN6O/c1-18-19(2)34-35(20(18)3)26-15-14-25(32-33-26)30-23-10-12-24(13-11-23)31-27(36)28(16-4-5-17-28)21-6-8-22(29)9-7-21/h6-15H,4-5,16-17H2,1-3H3,(H,30,32)(H,31,36). The molecule has 2 aromatic heterocycles. The molecule has 0 bridgehead atoms. The Morgan fingerprint density at radius 1 is 0.889 bits per heavy atom. The van der Waals surface area contributed by atoms with Crippen molar-refractivity contribution in [2.75, 3.05) is 10.6 Å². The van der Waals surface area contributed by atoms with Gasteiger partial charge in [0.25, 0.3) is 0 Å². The van der Waals surface area contributed by atoms with Crippen molar-refractivity contribution in [3.05, 3.63) is 88.2 Å². The molecule has 1 amide bonds. The third-order valence-corrected chi connectivity index (χ3v) is 7.48. The molecule has 0 radical (unpaired) electrons. The summed E-state index contributed by atoms with van der Waals surface area (Å²) in [6.45, 7) is 6.06. The number of hydrogen-bond donors (Lipinski definition) is 2. The van der Waals surface area contributed by atoms with Crippen LogP contribution in [0.25, 0.3) is 5.82 Å². The van der Waals surface area contributed by atoms with E-state index >= 15 is 0 Å². The molecule has 8 heteroatoms. The highest BCUT2D eigenvalue weighted by Crippen LogP contribution is 2.42. The van der Waals surface area contributed by atoms with Gasteiger partial charge in [0.2, 0.25) is 5.91 Å². The van der Waals surface area contributed by atoms with E-state index in [9.17, 15) is 4.79 Å². The summed E-state index contributed by atoms with van der Waals surface area (Å²) in [5, 5.41) is 20.2. The number of halogens is 1. The lowest BCUT2D eigenvalue weighted by molar-refractivity contribution is -0.121. The quantitative estimate of drug-likeness (QED) is 0.318. The molecule has 1 aliphatic rings. The summed E-state index contributed by atoms with van der Waals surface area (Å²) in [6, 6.07) is 19.1. The van der Waals surface area contributed by atoms with Gasteiger partial charge in [-0.15, -0.1) is 10.2 Å². The third-order valence-electron chi connectivity index (χ3n) is 7.22. The van der Waals surface area contributed by atoms with Crippen LogP contribution in [0.5, 0.6) is 0 Å². The Balaban J connectivity index is 1.26. The summed E-state index contributed by atoms with van der Waals surface area (Å²) >= 11 is 6.08. The molecule has 2 aromatic carbocycles. The van der Waals surface area contributed by atoms with Crippen LogP contribution in [0, 0.1) is 20.8 Å². The van der Waals surface area contributed by atoms with Gasteiger partial charge < -0.3 is 10.6 Å². The van der Waals surface area contributed by atoms with E-state index in [4.69, 9.17) is 11.6 Å². The molecule has 1 aliphatic carbocycles. The van der Waals surface area contributed by atoms with Gasteiger partial charge in [-0.25, -0.2) is 4.68 Å². The minimum absolute atomic E-state index is 0.0314. The number of carbonyl (C=O) groups is 1. The van der Waals surface area contributed by atoms with Gasteiger partial charge >= 0.3 is 0 Å². The average Bonchev–Trinajstić information content (AvgIpc) is 3.48. The second-order valence-electron chi connectivity index (χ2n) is 9.44. The molecule has 36 heavy (non-hydrogen) atoms. The van der Waals surface area contributed by atoms with Crippen LogP contribution in [0.2, 0.25) is 5.02 Å². The molecule has 0 spiro atoms. The number of aryl methyl sites for hydroxylation is 1. The maximum absolute atomic E-state index is 13.4. The molecule has 4 aromatic rings. The number of nitrogens with zero attached hydrogens (tertiary/aromatic N) is 4. The highest BCUT2D eigenvalue weighted by molar-refractivity contribution is 6.30. The molecule has 0 atom stereocenters. The fraction of sp³-hybridized carbons (Fsp3) is 0.286. The molecule has 1 fully saturated rings. The van der Waals surface area contributed by atoms with E-state index in [1.165, 1.54) is 0 Å². The van der Waals surface area contributed by atoms with E-state index in [1.54, 1.807) is 4.68 Å². The van der Waals surface area contributed by atoms with E-state index in [-0.39, 0.29) is 5.91 Å². The van der Waals surface area contributed by atoms with E-state index in [2.05, 4.69) is 32.9 Å². The lowest BCUT2D eigenvalue weighted by Gasteiger charge is -2.28. The van der Waals surface area contributed by atoms with E-state index in [0.29, 0.717) is 16.7 Å². The predicted molar refractivity (Wildman–Crippen MR) is 143 cm³/mol. The lowest BCUT2D eigenvalue weighted by atomic mass is 9.78. The number of benzene rings is 2. The zero-order valence-corrected chi connectivity index (χ0v) is 21.4. The first-order chi connectivity index (χ1) is 17.4. The first-order valence-corrected chi connectivity index (χ1v) is 12.5. The maximum Gasteiger partial charge on any atom is 0.235 e. The molecule has 184 valence electrons. The molecule has 7 nitrogen and oxygen atoms in total. The van der Waals surface area contributed by atoms with Crippen molar-refractivity contribution in [1.29, 1.82) is 0 Å². The smallest absolute Gasteiger partial charge is 0.235 e. The molecule has 0 saturated heterocycles. The summed E-state index contributed by atoms with van der Waals surface area (Å²) in [6.07, 6.45) is 3.76. The first kappa shape index (κ1) is 24.0. The number of aromatic nitrogens is 4. The molecule has 5 rings (SSSR count). The average molecular weight is 501 g/mol. The molecule has 0 unspecified atom stereocenters. The SMILES string of the molecule is Cc1nn(-c2ccc(Nc3ccc(NC(=O)C4(c5ccc(Cl)cc5)CCCC4)cc3)nn2)c(C)c1C. The second-order valence-corrected chi connectivity index (χ2v) is 9.87. The van der Waals surface area contributed by atoms with Gasteiger partial charge in [-0.2, -0.15) is 5.10 Å². The van der Waals surface area contributed by atoms with Crippen molar-refractivity contribution in [3.8, 4) is 5.82 Å². The summed E-state index contributed by atoms with van der Waals surface area (Å²) < 4.78 is 1.81. The van der Waals surface area contributed by atoms with Gasteiger partial charge in [0.15, 0.2) is 11.6 Å². The number of carbonyl (C=O) groups excluding carboxylic acids is 1. The molecule has 1 saturated carbocycles. The van der Waals surface area contributed by atoms with Crippen LogP contribution in [0.3, 0.4) is 0 Å². The molecular weight excluding hydrogens is 472 g/mol. The summed E-state index contributed by atoms with van der Waals surface area (Å²) in [5.74, 6) is 1.33. The Morgan fingerprint density at radius 3 is 2.14 bits per heavy atom. The topological polar surface area (TPSA) is 84.7 Å².